The van der Waals surface area contributed by atoms with Crippen LogP contribution in [0.3, 0.4) is 0 Å². The third-order valence-electron chi connectivity index (χ3n) is 8.97. The number of alkyl halides is 2. The van der Waals surface area contributed by atoms with Crippen LogP contribution in [0.1, 0.15) is 71.8 Å². The number of unbranched alkanes of at least 4 members (excludes halogenated alkanes) is 1. The van der Waals surface area contributed by atoms with Gasteiger partial charge in [0.2, 0.25) is 5.91 Å². The number of fused-ring (bicyclic) bond motifs is 3. The SMILES string of the molecule is CCCCOc1ccc2cc(S(=O)NC(C(=O)NC3C4CCC3CC(NC(=O)OC(C)(C)C)C4)C(F)(F)c3ccc(Br)cc3)ccc2c1. The molecule has 0 spiro atoms. The fraction of sp³-hybridized carbons (Fsp3) is 0.500. The maximum absolute atomic E-state index is 16.3. The number of nitrogens with one attached hydrogen (secondary N) is 3. The summed E-state index contributed by atoms with van der Waals surface area (Å²) in [5.74, 6) is -3.91. The molecule has 2 saturated carbocycles. The van der Waals surface area contributed by atoms with Gasteiger partial charge in [-0.15, -0.1) is 0 Å². The summed E-state index contributed by atoms with van der Waals surface area (Å²) in [6, 6.07) is 13.4. The minimum Gasteiger partial charge on any atom is -0.494 e. The van der Waals surface area contributed by atoms with Crippen molar-refractivity contribution in [2.45, 2.75) is 101 Å². The molecular formula is C36H44BrF2N3O5S. The number of halogens is 3. The highest BCUT2D eigenvalue weighted by atomic mass is 79.9. The van der Waals surface area contributed by atoms with Crippen LogP contribution in [-0.2, 0) is 26.4 Å². The molecule has 4 atom stereocenters. The molecule has 0 radical (unpaired) electrons. The highest BCUT2D eigenvalue weighted by molar-refractivity contribution is 9.10. The molecule has 3 N–H and O–H groups in total. The van der Waals surface area contributed by atoms with Gasteiger partial charge in [0.15, 0.2) is 6.04 Å². The third-order valence-corrected chi connectivity index (χ3v) is 10.6. The Morgan fingerprint density at radius 1 is 0.958 bits per heavy atom. The number of carbonyl (C=O) groups excluding carboxylic acids is 2. The van der Waals surface area contributed by atoms with Gasteiger partial charge in [-0.25, -0.2) is 13.7 Å². The highest BCUT2D eigenvalue weighted by Crippen LogP contribution is 2.43. The molecule has 12 heteroatoms. The summed E-state index contributed by atoms with van der Waals surface area (Å²) in [7, 11) is -2.15. The van der Waals surface area contributed by atoms with Crippen LogP contribution in [0, 0.1) is 11.8 Å². The predicted molar refractivity (Wildman–Crippen MR) is 186 cm³/mol. The average molecular weight is 749 g/mol. The van der Waals surface area contributed by atoms with Crippen LogP contribution in [0.25, 0.3) is 10.8 Å². The van der Waals surface area contributed by atoms with Crippen molar-refractivity contribution in [3.63, 3.8) is 0 Å². The van der Waals surface area contributed by atoms with E-state index in [0.29, 0.717) is 23.9 Å². The van der Waals surface area contributed by atoms with Gasteiger partial charge >= 0.3 is 6.09 Å². The number of benzene rings is 3. The van der Waals surface area contributed by atoms with Gasteiger partial charge in [-0.05, 0) is 112 Å². The fourth-order valence-electron chi connectivity index (χ4n) is 6.65. The van der Waals surface area contributed by atoms with E-state index in [-0.39, 0.29) is 34.4 Å². The van der Waals surface area contributed by atoms with E-state index in [1.165, 1.54) is 24.3 Å². The number of carbonyl (C=O) groups is 2. The number of amides is 2. The monoisotopic (exact) mass is 747 g/mol. The topological polar surface area (TPSA) is 106 Å². The summed E-state index contributed by atoms with van der Waals surface area (Å²) in [4.78, 5) is 26.5. The van der Waals surface area contributed by atoms with Crippen molar-refractivity contribution in [2.75, 3.05) is 6.61 Å². The molecule has 5 rings (SSSR count). The van der Waals surface area contributed by atoms with E-state index in [9.17, 15) is 13.8 Å². The zero-order chi connectivity index (χ0) is 34.6. The Morgan fingerprint density at radius 3 is 2.25 bits per heavy atom. The predicted octanol–water partition coefficient (Wildman–Crippen LogP) is 7.75. The van der Waals surface area contributed by atoms with E-state index in [1.54, 1.807) is 39.0 Å². The first-order valence-electron chi connectivity index (χ1n) is 16.5. The summed E-state index contributed by atoms with van der Waals surface area (Å²) in [5.41, 5.74) is -1.01. The van der Waals surface area contributed by atoms with Crippen molar-refractivity contribution in [1.82, 2.24) is 15.4 Å². The van der Waals surface area contributed by atoms with E-state index in [2.05, 4.69) is 38.2 Å². The van der Waals surface area contributed by atoms with Gasteiger partial charge < -0.3 is 20.1 Å². The van der Waals surface area contributed by atoms with Gasteiger partial charge in [0.1, 0.15) is 22.3 Å². The first-order chi connectivity index (χ1) is 22.7. The standard InChI is InChI=1S/C36H44BrF2N3O5S/c1-5-6-17-46-29-15-9-23-21-30(16-10-22(23)20-29)48(45)42-32(36(38,39)26-11-13-27(37)14-12-26)33(43)41-31-24-7-8-25(31)19-28(18-24)40-34(44)47-35(2,3)4/h9-16,20-21,24-25,28,31-32,42H,5-8,17-19H2,1-4H3,(H,40,44)(H,41,43). The molecule has 0 aliphatic heterocycles. The quantitative estimate of drug-likeness (QED) is 0.164. The van der Waals surface area contributed by atoms with E-state index >= 15 is 8.78 Å². The lowest BCUT2D eigenvalue weighted by Crippen LogP contribution is -2.58. The van der Waals surface area contributed by atoms with Crippen LogP contribution in [0.5, 0.6) is 5.75 Å². The number of rotatable bonds is 12. The van der Waals surface area contributed by atoms with E-state index < -0.39 is 40.6 Å². The van der Waals surface area contributed by atoms with Crippen LogP contribution in [0.4, 0.5) is 13.6 Å². The molecule has 4 unspecified atom stereocenters. The molecule has 0 aromatic heterocycles. The molecule has 0 heterocycles. The summed E-state index contributed by atoms with van der Waals surface area (Å²) >= 11 is 3.28. The van der Waals surface area contributed by atoms with Crippen molar-refractivity contribution in [1.29, 1.82) is 0 Å². The van der Waals surface area contributed by atoms with Crippen molar-refractivity contribution in [3.8, 4) is 5.75 Å². The number of hydrogen-bond acceptors (Lipinski definition) is 5. The highest BCUT2D eigenvalue weighted by Gasteiger charge is 2.50. The normalized spacial score (nSPS) is 22.1. The van der Waals surface area contributed by atoms with Gasteiger partial charge in [0.05, 0.1) is 11.5 Å². The number of hydrogen-bond donors (Lipinski definition) is 3. The Morgan fingerprint density at radius 2 is 1.60 bits per heavy atom. The second-order valence-electron chi connectivity index (χ2n) is 13.8. The van der Waals surface area contributed by atoms with Crippen molar-refractivity contribution < 1.29 is 32.1 Å². The van der Waals surface area contributed by atoms with Crippen molar-refractivity contribution >= 4 is 49.7 Å². The molecule has 2 amide bonds. The van der Waals surface area contributed by atoms with Gasteiger partial charge in [0, 0.05) is 22.1 Å². The Hall–Kier alpha value is -3.09. The molecule has 8 nitrogen and oxygen atoms in total. The molecule has 3 aromatic carbocycles. The van der Waals surface area contributed by atoms with Crippen LogP contribution in [0.15, 0.2) is 70.0 Å². The Bertz CT molecular complexity index is 1620. The lowest BCUT2D eigenvalue weighted by atomic mass is 9.80. The van der Waals surface area contributed by atoms with Crippen LogP contribution in [0.2, 0.25) is 0 Å². The van der Waals surface area contributed by atoms with Crippen molar-refractivity contribution in [3.05, 3.63) is 70.7 Å². The average Bonchev–Trinajstić information content (AvgIpc) is 3.24. The van der Waals surface area contributed by atoms with Crippen LogP contribution in [-0.4, -0.2) is 46.5 Å². The summed E-state index contributed by atoms with van der Waals surface area (Å²) in [6.45, 7) is 8.08. The Balaban J connectivity index is 1.33. The molecule has 260 valence electrons. The number of ether oxygens (including phenoxy) is 2. The molecule has 2 bridgehead atoms. The van der Waals surface area contributed by atoms with Gasteiger partial charge in [0.25, 0.3) is 5.92 Å². The Kier molecular flexibility index (Phi) is 11.5. The third kappa shape index (κ3) is 8.92. The molecule has 3 aromatic rings. The van der Waals surface area contributed by atoms with E-state index in [1.807, 2.05) is 18.2 Å². The summed E-state index contributed by atoms with van der Waals surface area (Å²) in [6.07, 6.45) is 4.26. The first kappa shape index (κ1) is 36.2. The smallest absolute Gasteiger partial charge is 0.407 e. The van der Waals surface area contributed by atoms with Gasteiger partial charge in [-0.1, -0.05) is 53.5 Å². The summed E-state index contributed by atoms with van der Waals surface area (Å²) in [5, 5.41) is 7.46. The largest absolute Gasteiger partial charge is 0.494 e. The number of alkyl carbamates (subject to hydrolysis) is 1. The molecular weight excluding hydrogens is 704 g/mol. The summed E-state index contributed by atoms with van der Waals surface area (Å²) < 4.78 is 60.5. The second-order valence-corrected chi connectivity index (χ2v) is 15.9. The Labute approximate surface area is 291 Å². The molecule has 48 heavy (non-hydrogen) atoms. The van der Waals surface area contributed by atoms with E-state index in [0.717, 1.165) is 42.2 Å². The van der Waals surface area contributed by atoms with Crippen LogP contribution >= 0.6 is 15.9 Å². The minimum absolute atomic E-state index is 0.00332. The lowest BCUT2D eigenvalue weighted by Gasteiger charge is -2.37. The molecule has 2 aliphatic carbocycles. The molecule has 2 aliphatic rings. The fourth-order valence-corrected chi connectivity index (χ4v) is 7.95. The zero-order valence-electron chi connectivity index (χ0n) is 27.7. The zero-order valence-corrected chi connectivity index (χ0v) is 30.1. The van der Waals surface area contributed by atoms with Gasteiger partial charge in [-0.2, -0.15) is 8.78 Å². The van der Waals surface area contributed by atoms with E-state index in [4.69, 9.17) is 9.47 Å². The first-order valence-corrected chi connectivity index (χ1v) is 18.5. The van der Waals surface area contributed by atoms with Crippen LogP contribution < -0.4 is 20.1 Å². The molecule has 0 saturated heterocycles. The van der Waals surface area contributed by atoms with Gasteiger partial charge in [-0.3, -0.25) is 4.79 Å². The molecule has 2 fully saturated rings. The minimum atomic E-state index is -3.70. The maximum Gasteiger partial charge on any atom is 0.407 e. The lowest BCUT2D eigenvalue weighted by molar-refractivity contribution is -0.135. The maximum atomic E-state index is 16.3. The second kappa shape index (κ2) is 15.2. The van der Waals surface area contributed by atoms with Crippen molar-refractivity contribution in [2.24, 2.45) is 11.8 Å².